The van der Waals surface area contributed by atoms with E-state index in [0.717, 1.165) is 4.90 Å². The van der Waals surface area contributed by atoms with Crippen LogP contribution in [0.1, 0.15) is 6.92 Å². The first-order valence-electron chi connectivity index (χ1n) is 5.54. The minimum Gasteiger partial charge on any atom is -0.468 e. The number of methoxy groups -OCH3 is 1. The molecule has 0 aliphatic rings. The van der Waals surface area contributed by atoms with Crippen molar-refractivity contribution in [3.05, 3.63) is 24.5 Å². The number of thioether (sulfide) groups is 1. The van der Waals surface area contributed by atoms with Gasteiger partial charge in [-0.25, -0.2) is 0 Å². The third kappa shape index (κ3) is 4.75. The molecule has 0 aromatic carbocycles. The van der Waals surface area contributed by atoms with Crippen molar-refractivity contribution >= 4 is 23.6 Å². The van der Waals surface area contributed by atoms with E-state index < -0.39 is 5.97 Å². The maximum absolute atomic E-state index is 11.9. The predicted molar refractivity (Wildman–Crippen MR) is 69.2 cm³/mol. The fourth-order valence-electron chi connectivity index (χ4n) is 1.27. The van der Waals surface area contributed by atoms with E-state index in [9.17, 15) is 9.59 Å². The quantitative estimate of drug-likeness (QED) is 0.573. The molecule has 98 valence electrons. The van der Waals surface area contributed by atoms with Crippen LogP contribution in [0.5, 0.6) is 0 Å². The van der Waals surface area contributed by atoms with Crippen LogP contribution >= 0.6 is 11.8 Å². The highest BCUT2D eigenvalue weighted by Crippen LogP contribution is 2.16. The third-order valence-corrected chi connectivity index (χ3v) is 3.29. The van der Waals surface area contributed by atoms with Crippen LogP contribution in [0.15, 0.2) is 29.4 Å². The molecule has 0 atom stereocenters. The number of likely N-dealkylation sites (N-methyl/N-ethyl adjacent to an activating group) is 1. The van der Waals surface area contributed by atoms with Crippen LogP contribution in [0.25, 0.3) is 0 Å². The molecule has 0 unspecified atom stereocenters. The van der Waals surface area contributed by atoms with Crippen LogP contribution in [-0.2, 0) is 14.3 Å². The molecule has 6 heteroatoms. The highest BCUT2D eigenvalue weighted by atomic mass is 32.2. The summed E-state index contributed by atoms with van der Waals surface area (Å²) in [6.07, 6.45) is 3.36. The van der Waals surface area contributed by atoms with E-state index in [0.29, 0.717) is 12.3 Å². The van der Waals surface area contributed by atoms with Crippen molar-refractivity contribution in [1.29, 1.82) is 0 Å². The number of hydrogen-bond donors (Lipinski definition) is 0. The lowest BCUT2D eigenvalue weighted by Crippen LogP contribution is -2.37. The van der Waals surface area contributed by atoms with E-state index in [2.05, 4.69) is 9.72 Å². The average Bonchev–Trinajstić information content (AvgIpc) is 2.42. The number of pyridine rings is 1. The molecule has 0 saturated carbocycles. The molecule has 0 radical (unpaired) electrons. The molecule has 0 spiro atoms. The summed E-state index contributed by atoms with van der Waals surface area (Å²) >= 11 is 1.42. The van der Waals surface area contributed by atoms with Crippen molar-refractivity contribution in [2.75, 3.05) is 26.0 Å². The number of carbonyl (C=O) groups is 2. The number of rotatable bonds is 6. The Morgan fingerprint density at radius 1 is 1.39 bits per heavy atom. The number of ether oxygens (including phenoxy) is 1. The molecule has 1 aromatic rings. The second kappa shape index (κ2) is 7.71. The van der Waals surface area contributed by atoms with Gasteiger partial charge in [0.25, 0.3) is 0 Å². The van der Waals surface area contributed by atoms with E-state index in [4.69, 9.17) is 0 Å². The zero-order valence-electron chi connectivity index (χ0n) is 10.5. The van der Waals surface area contributed by atoms with Gasteiger partial charge < -0.3 is 9.64 Å². The van der Waals surface area contributed by atoms with Crippen molar-refractivity contribution in [2.45, 2.75) is 11.8 Å². The first kappa shape index (κ1) is 14.5. The summed E-state index contributed by atoms with van der Waals surface area (Å²) in [4.78, 5) is 29.4. The Balaban J connectivity index is 2.45. The van der Waals surface area contributed by atoms with Gasteiger partial charge in [0.05, 0.1) is 12.9 Å². The van der Waals surface area contributed by atoms with E-state index in [1.165, 1.54) is 23.8 Å². The molecule has 1 rings (SSSR count). The van der Waals surface area contributed by atoms with Crippen molar-refractivity contribution in [3.63, 3.8) is 0 Å². The van der Waals surface area contributed by atoms with Crippen LogP contribution in [0, 0.1) is 0 Å². The highest BCUT2D eigenvalue weighted by Gasteiger charge is 2.15. The highest BCUT2D eigenvalue weighted by molar-refractivity contribution is 8.00. The number of hydrogen-bond acceptors (Lipinski definition) is 5. The van der Waals surface area contributed by atoms with Gasteiger partial charge in [0.15, 0.2) is 0 Å². The standard InChI is InChI=1S/C12H16N2O3S/c1-3-14(8-12(16)17-2)11(15)9-18-10-4-6-13-7-5-10/h4-7H,3,8-9H2,1-2H3. The second-order valence-corrected chi connectivity index (χ2v) is 4.50. The summed E-state index contributed by atoms with van der Waals surface area (Å²) in [6.45, 7) is 2.32. The van der Waals surface area contributed by atoms with Crippen LogP contribution < -0.4 is 0 Å². The van der Waals surface area contributed by atoms with Crippen molar-refractivity contribution in [1.82, 2.24) is 9.88 Å². The molecule has 1 aromatic heterocycles. The lowest BCUT2D eigenvalue weighted by Gasteiger charge is -2.19. The molecule has 1 amide bonds. The summed E-state index contributed by atoms with van der Waals surface area (Å²) in [5.41, 5.74) is 0. The van der Waals surface area contributed by atoms with Crippen LogP contribution in [0.3, 0.4) is 0 Å². The summed E-state index contributed by atoms with van der Waals surface area (Å²) in [5.74, 6) is -0.182. The minimum absolute atomic E-state index is 0.00272. The first-order valence-corrected chi connectivity index (χ1v) is 6.53. The summed E-state index contributed by atoms with van der Waals surface area (Å²) < 4.78 is 4.55. The zero-order valence-corrected chi connectivity index (χ0v) is 11.3. The fraction of sp³-hybridized carbons (Fsp3) is 0.417. The van der Waals surface area contributed by atoms with E-state index in [1.54, 1.807) is 12.4 Å². The predicted octanol–water partition coefficient (Wildman–Crippen LogP) is 1.20. The molecule has 0 aliphatic carbocycles. The Kier molecular flexibility index (Phi) is 6.21. The van der Waals surface area contributed by atoms with Gasteiger partial charge in [-0.15, -0.1) is 11.8 Å². The smallest absolute Gasteiger partial charge is 0.325 e. The molecule has 0 bridgehead atoms. The number of aromatic nitrogens is 1. The molecule has 0 N–H and O–H groups in total. The Morgan fingerprint density at radius 3 is 2.61 bits per heavy atom. The lowest BCUT2D eigenvalue weighted by molar-refractivity contribution is -0.146. The van der Waals surface area contributed by atoms with Crippen LogP contribution in [-0.4, -0.2) is 47.7 Å². The average molecular weight is 268 g/mol. The SMILES string of the molecule is CCN(CC(=O)OC)C(=O)CSc1ccncc1. The van der Waals surface area contributed by atoms with E-state index >= 15 is 0 Å². The van der Waals surface area contributed by atoms with Crippen LogP contribution in [0.2, 0.25) is 0 Å². The molecule has 0 aliphatic heterocycles. The zero-order chi connectivity index (χ0) is 13.4. The van der Waals surface area contributed by atoms with Gasteiger partial charge in [0.2, 0.25) is 5.91 Å². The van der Waals surface area contributed by atoms with Gasteiger partial charge in [-0.05, 0) is 19.1 Å². The van der Waals surface area contributed by atoms with Crippen LogP contribution in [0.4, 0.5) is 0 Å². The fourth-order valence-corrected chi connectivity index (χ4v) is 2.05. The second-order valence-electron chi connectivity index (χ2n) is 3.46. The maximum atomic E-state index is 11.9. The molecule has 1 heterocycles. The van der Waals surface area contributed by atoms with E-state index in [-0.39, 0.29) is 12.5 Å². The normalized spacial score (nSPS) is 9.89. The molecule has 18 heavy (non-hydrogen) atoms. The maximum Gasteiger partial charge on any atom is 0.325 e. The van der Waals surface area contributed by atoms with Crippen molar-refractivity contribution in [2.24, 2.45) is 0 Å². The van der Waals surface area contributed by atoms with Gasteiger partial charge in [-0.2, -0.15) is 0 Å². The van der Waals surface area contributed by atoms with Gasteiger partial charge in [-0.1, -0.05) is 0 Å². The lowest BCUT2D eigenvalue weighted by atomic mass is 10.4. The minimum atomic E-state index is -0.404. The van der Waals surface area contributed by atoms with Gasteiger partial charge in [-0.3, -0.25) is 14.6 Å². The van der Waals surface area contributed by atoms with Gasteiger partial charge in [0.1, 0.15) is 6.54 Å². The monoisotopic (exact) mass is 268 g/mol. The summed E-state index contributed by atoms with van der Waals surface area (Å²) in [5, 5.41) is 0. The molecule has 0 saturated heterocycles. The van der Waals surface area contributed by atoms with Gasteiger partial charge in [0, 0.05) is 23.8 Å². The summed E-state index contributed by atoms with van der Waals surface area (Å²) in [7, 11) is 1.31. The molecular formula is C12H16N2O3S. The Morgan fingerprint density at radius 2 is 2.06 bits per heavy atom. The molecular weight excluding hydrogens is 252 g/mol. The van der Waals surface area contributed by atoms with Crippen molar-refractivity contribution < 1.29 is 14.3 Å². The van der Waals surface area contributed by atoms with Gasteiger partial charge >= 0.3 is 5.97 Å². The number of amides is 1. The number of esters is 1. The number of nitrogens with zero attached hydrogens (tertiary/aromatic N) is 2. The molecule has 5 nitrogen and oxygen atoms in total. The van der Waals surface area contributed by atoms with Crippen molar-refractivity contribution in [3.8, 4) is 0 Å². The first-order chi connectivity index (χ1) is 8.67. The summed E-state index contributed by atoms with van der Waals surface area (Å²) in [6, 6.07) is 3.68. The Hall–Kier alpha value is -1.56. The molecule has 0 fully saturated rings. The Labute approximate surface area is 111 Å². The topological polar surface area (TPSA) is 59.5 Å². The Bertz CT molecular complexity index is 398. The largest absolute Gasteiger partial charge is 0.468 e. The third-order valence-electron chi connectivity index (χ3n) is 2.29. The number of carbonyl (C=O) groups excluding carboxylic acids is 2. The van der Waals surface area contributed by atoms with E-state index in [1.807, 2.05) is 19.1 Å².